The third-order valence-corrected chi connectivity index (χ3v) is 3.83. The van der Waals surface area contributed by atoms with Gasteiger partial charge in [0.2, 0.25) is 0 Å². The van der Waals surface area contributed by atoms with E-state index in [0.717, 1.165) is 18.5 Å². The first-order valence-electron chi connectivity index (χ1n) is 7.88. The Balaban J connectivity index is 2.27. The Labute approximate surface area is 132 Å². The van der Waals surface area contributed by atoms with Crippen LogP contribution in [0.4, 0.5) is 5.69 Å². The van der Waals surface area contributed by atoms with Gasteiger partial charge < -0.3 is 10.4 Å². The summed E-state index contributed by atoms with van der Waals surface area (Å²) in [5.41, 5.74) is 0.801. The minimum absolute atomic E-state index is 0.526. The highest BCUT2D eigenvalue weighted by Crippen LogP contribution is 2.17. The van der Waals surface area contributed by atoms with Crippen molar-refractivity contribution in [1.29, 1.82) is 0 Å². The first-order chi connectivity index (χ1) is 10.1. The lowest BCUT2D eigenvalue weighted by Gasteiger charge is -2.15. The summed E-state index contributed by atoms with van der Waals surface area (Å²) in [6.45, 7) is 2.21. The van der Waals surface area contributed by atoms with E-state index in [4.69, 9.17) is 11.6 Å². The van der Waals surface area contributed by atoms with Crippen molar-refractivity contribution < 1.29 is 9.90 Å². The highest BCUT2D eigenvalue weighted by molar-refractivity contribution is 6.30. The van der Waals surface area contributed by atoms with Crippen LogP contribution in [0.2, 0.25) is 5.02 Å². The highest BCUT2D eigenvalue weighted by atomic mass is 35.5. The molecule has 0 aromatic heterocycles. The first-order valence-corrected chi connectivity index (χ1v) is 8.26. The maximum atomic E-state index is 11.3. The molecule has 2 N–H and O–H groups in total. The van der Waals surface area contributed by atoms with Crippen LogP contribution in [0.3, 0.4) is 0 Å². The van der Waals surface area contributed by atoms with Crippen LogP contribution >= 0.6 is 11.6 Å². The largest absolute Gasteiger partial charge is 0.480 e. The number of rotatable bonds is 11. The number of carboxylic acid groups (broad SMARTS) is 1. The predicted molar refractivity (Wildman–Crippen MR) is 89.1 cm³/mol. The van der Waals surface area contributed by atoms with Crippen LogP contribution in [-0.2, 0) is 4.79 Å². The Kier molecular flexibility index (Phi) is 8.91. The lowest BCUT2D eigenvalue weighted by molar-refractivity contribution is -0.138. The van der Waals surface area contributed by atoms with E-state index in [1.165, 1.54) is 32.1 Å². The van der Waals surface area contributed by atoms with Crippen molar-refractivity contribution >= 4 is 23.3 Å². The van der Waals surface area contributed by atoms with E-state index in [0.29, 0.717) is 11.4 Å². The van der Waals surface area contributed by atoms with Crippen molar-refractivity contribution in [2.24, 2.45) is 0 Å². The van der Waals surface area contributed by atoms with Crippen LogP contribution in [0.5, 0.6) is 0 Å². The Morgan fingerprint density at radius 2 is 1.67 bits per heavy atom. The van der Waals surface area contributed by atoms with Gasteiger partial charge in [-0.25, -0.2) is 4.79 Å². The molecule has 1 aromatic rings. The van der Waals surface area contributed by atoms with Crippen LogP contribution in [0, 0.1) is 0 Å². The number of anilines is 1. The number of aliphatic carboxylic acids is 1. The van der Waals surface area contributed by atoms with Crippen LogP contribution in [0.25, 0.3) is 0 Å². The molecule has 1 aromatic carbocycles. The summed E-state index contributed by atoms with van der Waals surface area (Å²) >= 11 is 5.82. The number of carbonyl (C=O) groups is 1. The zero-order valence-corrected chi connectivity index (χ0v) is 13.5. The minimum Gasteiger partial charge on any atom is -0.480 e. The lowest BCUT2D eigenvalue weighted by atomic mass is 10.0. The van der Waals surface area contributed by atoms with E-state index in [9.17, 15) is 9.90 Å². The number of carboxylic acids is 1. The van der Waals surface area contributed by atoms with Crippen molar-refractivity contribution in [3.63, 3.8) is 0 Å². The van der Waals surface area contributed by atoms with Gasteiger partial charge in [-0.2, -0.15) is 0 Å². The van der Waals surface area contributed by atoms with Crippen LogP contribution < -0.4 is 5.32 Å². The van der Waals surface area contributed by atoms with Gasteiger partial charge in [-0.1, -0.05) is 63.5 Å². The molecule has 0 aliphatic carbocycles. The van der Waals surface area contributed by atoms with Gasteiger partial charge in [-0.15, -0.1) is 0 Å². The maximum absolute atomic E-state index is 11.3. The van der Waals surface area contributed by atoms with Crippen molar-refractivity contribution in [3.8, 4) is 0 Å². The molecule has 21 heavy (non-hydrogen) atoms. The van der Waals surface area contributed by atoms with Gasteiger partial charge in [-0.05, 0) is 30.7 Å². The Morgan fingerprint density at radius 3 is 2.24 bits per heavy atom. The molecule has 118 valence electrons. The number of halogens is 1. The van der Waals surface area contributed by atoms with Crippen molar-refractivity contribution in [3.05, 3.63) is 29.3 Å². The topological polar surface area (TPSA) is 49.3 Å². The molecule has 0 heterocycles. The second-order valence-corrected chi connectivity index (χ2v) is 5.89. The van der Waals surface area contributed by atoms with Crippen molar-refractivity contribution in [2.75, 3.05) is 5.32 Å². The van der Waals surface area contributed by atoms with Gasteiger partial charge in [0.05, 0.1) is 0 Å². The number of benzene rings is 1. The zero-order valence-electron chi connectivity index (χ0n) is 12.8. The third-order valence-electron chi connectivity index (χ3n) is 3.58. The first kappa shape index (κ1) is 17.8. The molecular weight excluding hydrogens is 286 g/mol. The molecule has 0 aliphatic heterocycles. The van der Waals surface area contributed by atoms with Crippen LogP contribution in [0.1, 0.15) is 58.3 Å². The Bertz CT molecular complexity index is 406. The average Bonchev–Trinajstić information content (AvgIpc) is 2.47. The van der Waals surface area contributed by atoms with Crippen molar-refractivity contribution in [1.82, 2.24) is 0 Å². The summed E-state index contributed by atoms with van der Waals surface area (Å²) in [5, 5.41) is 13.0. The number of hydrogen-bond acceptors (Lipinski definition) is 2. The fourth-order valence-corrected chi connectivity index (χ4v) is 2.44. The maximum Gasteiger partial charge on any atom is 0.326 e. The summed E-state index contributed by atoms with van der Waals surface area (Å²) in [6.07, 6.45) is 9.03. The van der Waals surface area contributed by atoms with E-state index in [1.54, 1.807) is 12.1 Å². The quantitative estimate of drug-likeness (QED) is 0.542. The second-order valence-electron chi connectivity index (χ2n) is 5.45. The molecule has 3 nitrogen and oxygen atoms in total. The van der Waals surface area contributed by atoms with Gasteiger partial charge >= 0.3 is 5.97 Å². The predicted octanol–water partition coefficient (Wildman–Crippen LogP) is 5.35. The van der Waals surface area contributed by atoms with Crippen LogP contribution in [-0.4, -0.2) is 17.1 Å². The minimum atomic E-state index is -0.795. The number of nitrogens with one attached hydrogen (secondary N) is 1. The molecule has 0 radical (unpaired) electrons. The van der Waals surface area contributed by atoms with E-state index < -0.39 is 12.0 Å². The molecule has 0 fully saturated rings. The Morgan fingerprint density at radius 1 is 1.10 bits per heavy atom. The van der Waals surface area contributed by atoms with E-state index in [2.05, 4.69) is 12.2 Å². The molecule has 0 saturated heterocycles. The number of hydrogen-bond donors (Lipinski definition) is 2. The number of unbranched alkanes of at least 4 members (excludes halogenated alkanes) is 6. The monoisotopic (exact) mass is 311 g/mol. The van der Waals surface area contributed by atoms with Gasteiger partial charge in [-0.3, -0.25) is 0 Å². The molecule has 0 amide bonds. The van der Waals surface area contributed by atoms with Crippen molar-refractivity contribution in [2.45, 2.75) is 64.3 Å². The van der Waals surface area contributed by atoms with Gasteiger partial charge in [0.15, 0.2) is 0 Å². The standard InChI is InChI=1S/C17H26ClNO2/c1-2-3-4-5-6-7-8-9-16(17(20)21)19-15-12-10-14(18)11-13-15/h10-13,16,19H,2-9H2,1H3,(H,20,21). The van der Waals surface area contributed by atoms with Gasteiger partial charge in [0.25, 0.3) is 0 Å². The summed E-state index contributed by atoms with van der Waals surface area (Å²) in [4.78, 5) is 11.3. The molecule has 1 atom stereocenters. The molecule has 1 unspecified atom stereocenters. The van der Waals surface area contributed by atoms with E-state index in [-0.39, 0.29) is 0 Å². The molecular formula is C17H26ClNO2. The summed E-state index contributed by atoms with van der Waals surface area (Å²) in [7, 11) is 0. The summed E-state index contributed by atoms with van der Waals surface area (Å²) in [6, 6.07) is 6.61. The fourth-order valence-electron chi connectivity index (χ4n) is 2.31. The molecule has 0 bridgehead atoms. The fraction of sp³-hybridized carbons (Fsp3) is 0.588. The lowest BCUT2D eigenvalue weighted by Crippen LogP contribution is -2.29. The third kappa shape index (κ3) is 7.96. The molecule has 0 aliphatic rings. The SMILES string of the molecule is CCCCCCCCCC(Nc1ccc(Cl)cc1)C(=O)O. The smallest absolute Gasteiger partial charge is 0.326 e. The average molecular weight is 312 g/mol. The molecule has 1 rings (SSSR count). The van der Waals surface area contributed by atoms with Gasteiger partial charge in [0.1, 0.15) is 6.04 Å². The molecule has 4 heteroatoms. The van der Waals surface area contributed by atoms with Gasteiger partial charge in [0, 0.05) is 10.7 Å². The molecule has 0 saturated carbocycles. The van der Waals surface area contributed by atoms with Crippen LogP contribution in [0.15, 0.2) is 24.3 Å². The molecule has 0 spiro atoms. The normalized spacial score (nSPS) is 12.1. The van der Waals surface area contributed by atoms with E-state index >= 15 is 0 Å². The second kappa shape index (κ2) is 10.5. The summed E-state index contributed by atoms with van der Waals surface area (Å²) < 4.78 is 0. The Hall–Kier alpha value is -1.22. The van der Waals surface area contributed by atoms with E-state index in [1.807, 2.05) is 12.1 Å². The summed E-state index contributed by atoms with van der Waals surface area (Å²) in [5.74, 6) is -0.795. The highest BCUT2D eigenvalue weighted by Gasteiger charge is 2.16. The zero-order chi connectivity index (χ0) is 15.5.